The van der Waals surface area contributed by atoms with Gasteiger partial charge in [-0.1, -0.05) is 13.0 Å². The second-order valence-corrected chi connectivity index (χ2v) is 6.06. The standard InChI is InChI=1S/C9H11IO2S/c1-3-7-4-5-8(6-9(7)10)13(2,11)12/h4-6H,3H2,1-2H3. The van der Waals surface area contributed by atoms with Gasteiger partial charge in [0.25, 0.3) is 0 Å². The van der Waals surface area contributed by atoms with E-state index < -0.39 is 9.84 Å². The molecule has 72 valence electrons. The molecule has 0 spiro atoms. The summed E-state index contributed by atoms with van der Waals surface area (Å²) in [5.41, 5.74) is 1.19. The Morgan fingerprint density at radius 1 is 1.38 bits per heavy atom. The molecule has 0 unspecified atom stereocenters. The van der Waals surface area contributed by atoms with Gasteiger partial charge in [-0.15, -0.1) is 0 Å². The van der Waals surface area contributed by atoms with Gasteiger partial charge in [0, 0.05) is 9.83 Å². The lowest BCUT2D eigenvalue weighted by Gasteiger charge is -2.03. The first-order valence-electron chi connectivity index (χ1n) is 3.93. The van der Waals surface area contributed by atoms with Crippen LogP contribution < -0.4 is 0 Å². The molecule has 0 saturated carbocycles. The first-order valence-corrected chi connectivity index (χ1v) is 6.90. The lowest BCUT2D eigenvalue weighted by atomic mass is 10.2. The second-order valence-electron chi connectivity index (χ2n) is 2.88. The highest BCUT2D eigenvalue weighted by atomic mass is 127. The van der Waals surface area contributed by atoms with Crippen LogP contribution in [-0.4, -0.2) is 14.7 Å². The Labute approximate surface area is 92.4 Å². The van der Waals surface area contributed by atoms with Crippen molar-refractivity contribution in [2.75, 3.05) is 6.26 Å². The molecule has 1 aromatic carbocycles. The van der Waals surface area contributed by atoms with Gasteiger partial charge in [-0.25, -0.2) is 8.42 Å². The van der Waals surface area contributed by atoms with Crippen molar-refractivity contribution in [3.8, 4) is 0 Å². The normalized spacial score (nSPS) is 11.6. The van der Waals surface area contributed by atoms with Crippen molar-refractivity contribution in [3.63, 3.8) is 0 Å². The van der Waals surface area contributed by atoms with Crippen LogP contribution in [0, 0.1) is 3.57 Å². The Kier molecular flexibility index (Phi) is 3.34. The minimum atomic E-state index is -3.06. The molecule has 0 aliphatic carbocycles. The van der Waals surface area contributed by atoms with Crippen LogP contribution in [0.5, 0.6) is 0 Å². The highest BCUT2D eigenvalue weighted by molar-refractivity contribution is 14.1. The summed E-state index contributed by atoms with van der Waals surface area (Å²) < 4.78 is 23.4. The Hall–Kier alpha value is -0.100. The number of aryl methyl sites for hydroxylation is 1. The van der Waals surface area contributed by atoms with Gasteiger partial charge in [0.05, 0.1) is 4.90 Å². The number of rotatable bonds is 2. The number of hydrogen-bond acceptors (Lipinski definition) is 2. The molecule has 0 N–H and O–H groups in total. The van der Waals surface area contributed by atoms with Crippen LogP contribution in [0.25, 0.3) is 0 Å². The Morgan fingerprint density at radius 3 is 2.38 bits per heavy atom. The van der Waals surface area contributed by atoms with E-state index in [4.69, 9.17) is 0 Å². The molecule has 13 heavy (non-hydrogen) atoms. The average Bonchev–Trinajstić information content (AvgIpc) is 2.02. The first kappa shape index (κ1) is 11.0. The van der Waals surface area contributed by atoms with Gasteiger partial charge in [0.1, 0.15) is 0 Å². The fraction of sp³-hybridized carbons (Fsp3) is 0.333. The van der Waals surface area contributed by atoms with Gasteiger partial charge in [-0.3, -0.25) is 0 Å². The van der Waals surface area contributed by atoms with E-state index in [0.717, 1.165) is 9.99 Å². The van der Waals surface area contributed by atoms with E-state index in [2.05, 4.69) is 29.5 Å². The summed E-state index contributed by atoms with van der Waals surface area (Å²) in [7, 11) is -3.06. The molecule has 4 heteroatoms. The van der Waals surface area contributed by atoms with E-state index in [1.54, 1.807) is 12.1 Å². The molecule has 2 nitrogen and oxygen atoms in total. The lowest BCUT2D eigenvalue weighted by Crippen LogP contribution is -1.98. The van der Waals surface area contributed by atoms with Crippen molar-refractivity contribution in [1.82, 2.24) is 0 Å². The SMILES string of the molecule is CCc1ccc(S(C)(=O)=O)cc1I. The van der Waals surface area contributed by atoms with E-state index in [0.29, 0.717) is 4.90 Å². The van der Waals surface area contributed by atoms with Crippen LogP contribution in [0.3, 0.4) is 0 Å². The summed E-state index contributed by atoms with van der Waals surface area (Å²) in [6.45, 7) is 2.05. The number of benzene rings is 1. The summed E-state index contributed by atoms with van der Waals surface area (Å²) >= 11 is 2.16. The first-order chi connectivity index (χ1) is 5.95. The molecule has 0 aliphatic heterocycles. The van der Waals surface area contributed by atoms with Crippen LogP contribution in [0.1, 0.15) is 12.5 Å². The smallest absolute Gasteiger partial charge is 0.175 e. The van der Waals surface area contributed by atoms with Gasteiger partial charge < -0.3 is 0 Å². The molecule has 0 fully saturated rings. The quantitative estimate of drug-likeness (QED) is 0.785. The van der Waals surface area contributed by atoms with Crippen molar-refractivity contribution in [1.29, 1.82) is 0 Å². The molecule has 1 aromatic rings. The molecule has 0 bridgehead atoms. The maximum Gasteiger partial charge on any atom is 0.175 e. The summed E-state index contributed by atoms with van der Waals surface area (Å²) in [5, 5.41) is 0. The summed E-state index contributed by atoms with van der Waals surface area (Å²) in [6, 6.07) is 5.25. The molecule has 0 amide bonds. The number of hydrogen-bond donors (Lipinski definition) is 0. The topological polar surface area (TPSA) is 34.1 Å². The predicted octanol–water partition coefficient (Wildman–Crippen LogP) is 2.26. The third kappa shape index (κ3) is 2.67. The van der Waals surface area contributed by atoms with E-state index in [1.165, 1.54) is 11.8 Å². The maximum atomic E-state index is 11.2. The maximum absolute atomic E-state index is 11.2. The zero-order valence-electron chi connectivity index (χ0n) is 7.54. The van der Waals surface area contributed by atoms with Gasteiger partial charge in [-0.05, 0) is 46.7 Å². The van der Waals surface area contributed by atoms with Crippen molar-refractivity contribution >= 4 is 32.4 Å². The number of halogens is 1. The molecule has 0 aliphatic rings. The van der Waals surface area contributed by atoms with Gasteiger partial charge in [0.2, 0.25) is 0 Å². The minimum absolute atomic E-state index is 0.397. The molecule has 0 heterocycles. The zero-order valence-corrected chi connectivity index (χ0v) is 10.5. The van der Waals surface area contributed by atoms with Crippen molar-refractivity contribution in [2.24, 2.45) is 0 Å². The Bertz CT molecular complexity index is 410. The van der Waals surface area contributed by atoms with Crippen LogP contribution in [-0.2, 0) is 16.3 Å². The Balaban J connectivity index is 3.26. The van der Waals surface area contributed by atoms with Gasteiger partial charge in [-0.2, -0.15) is 0 Å². The van der Waals surface area contributed by atoms with Crippen LogP contribution in [0.2, 0.25) is 0 Å². The van der Waals surface area contributed by atoms with E-state index in [1.807, 2.05) is 6.07 Å². The van der Waals surface area contributed by atoms with Crippen molar-refractivity contribution in [2.45, 2.75) is 18.2 Å². The van der Waals surface area contributed by atoms with E-state index >= 15 is 0 Å². The van der Waals surface area contributed by atoms with Gasteiger partial charge >= 0.3 is 0 Å². The van der Waals surface area contributed by atoms with Gasteiger partial charge in [0.15, 0.2) is 9.84 Å². The monoisotopic (exact) mass is 310 g/mol. The fourth-order valence-electron chi connectivity index (χ4n) is 1.05. The highest BCUT2D eigenvalue weighted by Gasteiger charge is 2.08. The molecule has 0 saturated heterocycles. The lowest BCUT2D eigenvalue weighted by molar-refractivity contribution is 0.602. The van der Waals surface area contributed by atoms with Crippen LogP contribution in [0.4, 0.5) is 0 Å². The zero-order chi connectivity index (χ0) is 10.1. The summed E-state index contributed by atoms with van der Waals surface area (Å²) in [6.07, 6.45) is 2.16. The van der Waals surface area contributed by atoms with Crippen LogP contribution >= 0.6 is 22.6 Å². The van der Waals surface area contributed by atoms with E-state index in [9.17, 15) is 8.42 Å². The Morgan fingerprint density at radius 2 is 2.00 bits per heavy atom. The van der Waals surface area contributed by atoms with E-state index in [-0.39, 0.29) is 0 Å². The molecular formula is C9H11IO2S. The summed E-state index contributed by atoms with van der Waals surface area (Å²) in [5.74, 6) is 0. The molecule has 1 rings (SSSR count). The minimum Gasteiger partial charge on any atom is -0.224 e. The van der Waals surface area contributed by atoms with Crippen LogP contribution in [0.15, 0.2) is 23.1 Å². The summed E-state index contributed by atoms with van der Waals surface area (Å²) in [4.78, 5) is 0.397. The average molecular weight is 310 g/mol. The predicted molar refractivity (Wildman–Crippen MR) is 61.6 cm³/mol. The fourth-order valence-corrected chi connectivity index (χ4v) is 2.80. The third-order valence-electron chi connectivity index (χ3n) is 1.83. The van der Waals surface area contributed by atoms with Crippen molar-refractivity contribution < 1.29 is 8.42 Å². The molecule has 0 radical (unpaired) electrons. The van der Waals surface area contributed by atoms with Crippen molar-refractivity contribution in [3.05, 3.63) is 27.3 Å². The largest absolute Gasteiger partial charge is 0.224 e. The highest BCUT2D eigenvalue weighted by Crippen LogP contribution is 2.18. The molecular weight excluding hydrogens is 299 g/mol. The second kappa shape index (κ2) is 3.96. The third-order valence-corrected chi connectivity index (χ3v) is 3.95. The number of sulfone groups is 1. The molecule has 0 aromatic heterocycles. The molecule has 0 atom stereocenters.